The van der Waals surface area contributed by atoms with E-state index in [0.29, 0.717) is 24.7 Å². The largest absolute Gasteiger partial charge is 0.454 e. The van der Waals surface area contributed by atoms with Crippen LogP contribution < -0.4 is 0 Å². The Bertz CT molecular complexity index is 488. The van der Waals surface area contributed by atoms with E-state index in [9.17, 15) is 19.8 Å². The first-order chi connectivity index (χ1) is 9.56. The van der Waals surface area contributed by atoms with E-state index in [-0.39, 0.29) is 18.6 Å². The molecule has 0 aromatic rings. The Kier molecular flexibility index (Phi) is 4.52. The van der Waals surface area contributed by atoms with E-state index in [1.54, 1.807) is 12.2 Å². The molecule has 5 heteroatoms. The predicted octanol–water partition coefficient (Wildman–Crippen LogP) is 0.673. The minimum atomic E-state index is -0.912. The number of carbonyl (C=O) groups is 2. The van der Waals surface area contributed by atoms with Crippen LogP contribution in [0.1, 0.15) is 19.3 Å². The molecular weight excluding hydrogens is 260 g/mol. The molecule has 0 bridgehead atoms. The first-order valence-electron chi connectivity index (χ1n) is 6.59. The van der Waals surface area contributed by atoms with E-state index in [1.165, 1.54) is 0 Å². The Balaban J connectivity index is 2.36. The number of hydrogen-bond acceptors (Lipinski definition) is 5. The van der Waals surface area contributed by atoms with Gasteiger partial charge < -0.3 is 14.9 Å². The molecule has 2 N–H and O–H groups in total. The van der Waals surface area contributed by atoms with Gasteiger partial charge in [-0.05, 0) is 30.1 Å². The molecule has 1 saturated heterocycles. The summed E-state index contributed by atoms with van der Waals surface area (Å²) in [5.41, 5.74) is 1.42. The van der Waals surface area contributed by atoms with Crippen molar-refractivity contribution in [2.24, 2.45) is 5.92 Å². The highest BCUT2D eigenvalue weighted by atomic mass is 16.6. The monoisotopic (exact) mass is 278 g/mol. The topological polar surface area (TPSA) is 83.8 Å². The second-order valence-corrected chi connectivity index (χ2v) is 5.11. The second-order valence-electron chi connectivity index (χ2n) is 5.11. The predicted molar refractivity (Wildman–Crippen MR) is 71.7 cm³/mol. The quantitative estimate of drug-likeness (QED) is 0.336. The van der Waals surface area contributed by atoms with E-state index in [0.717, 1.165) is 5.57 Å². The van der Waals surface area contributed by atoms with Crippen molar-refractivity contribution in [3.05, 3.63) is 35.5 Å². The molecule has 1 fully saturated rings. The molecule has 0 radical (unpaired) electrons. The number of aldehydes is 1. The van der Waals surface area contributed by atoms with Crippen LogP contribution >= 0.6 is 0 Å². The maximum Gasteiger partial charge on any atom is 0.334 e. The Hall–Kier alpha value is -1.72. The van der Waals surface area contributed by atoms with Gasteiger partial charge in [0.15, 0.2) is 0 Å². The van der Waals surface area contributed by atoms with Gasteiger partial charge in [-0.1, -0.05) is 12.7 Å². The smallest absolute Gasteiger partial charge is 0.334 e. The molecule has 0 spiro atoms. The Morgan fingerprint density at radius 1 is 1.50 bits per heavy atom. The molecule has 0 aromatic carbocycles. The number of rotatable bonds is 2. The molecule has 5 nitrogen and oxygen atoms in total. The maximum atomic E-state index is 11.6. The van der Waals surface area contributed by atoms with Gasteiger partial charge >= 0.3 is 5.97 Å². The fraction of sp³-hybridized carbons (Fsp3) is 0.467. The van der Waals surface area contributed by atoms with Gasteiger partial charge in [0.05, 0.1) is 18.6 Å². The minimum absolute atomic E-state index is 0.145. The number of aliphatic hydroxyl groups excluding tert-OH is 2. The first kappa shape index (κ1) is 14.7. The number of carbonyl (C=O) groups excluding carboxylic acids is 2. The molecular formula is C15H18O5. The number of ether oxygens (including phenoxy) is 1. The van der Waals surface area contributed by atoms with Crippen LogP contribution in [-0.4, -0.2) is 41.3 Å². The van der Waals surface area contributed by atoms with Gasteiger partial charge in [-0.3, -0.25) is 4.79 Å². The molecule has 0 amide bonds. The molecule has 1 heterocycles. The van der Waals surface area contributed by atoms with E-state index in [1.807, 2.05) is 0 Å². The van der Waals surface area contributed by atoms with Crippen molar-refractivity contribution < 1.29 is 24.5 Å². The van der Waals surface area contributed by atoms with Gasteiger partial charge in [-0.15, -0.1) is 0 Å². The van der Waals surface area contributed by atoms with Crippen LogP contribution in [0.2, 0.25) is 0 Å². The summed E-state index contributed by atoms with van der Waals surface area (Å²) in [5, 5.41) is 19.6. The summed E-state index contributed by atoms with van der Waals surface area (Å²) in [6.07, 6.45) is 3.95. The lowest BCUT2D eigenvalue weighted by Gasteiger charge is -2.22. The highest BCUT2D eigenvalue weighted by Gasteiger charge is 2.42. The fourth-order valence-electron chi connectivity index (χ4n) is 2.63. The van der Waals surface area contributed by atoms with Gasteiger partial charge in [0.25, 0.3) is 0 Å². The van der Waals surface area contributed by atoms with Crippen molar-refractivity contribution in [2.45, 2.75) is 31.5 Å². The third-order valence-electron chi connectivity index (χ3n) is 3.75. The zero-order chi connectivity index (χ0) is 14.7. The van der Waals surface area contributed by atoms with E-state index >= 15 is 0 Å². The summed E-state index contributed by atoms with van der Waals surface area (Å²) >= 11 is 0. The van der Waals surface area contributed by atoms with Gasteiger partial charge in [0.2, 0.25) is 0 Å². The summed E-state index contributed by atoms with van der Waals surface area (Å²) in [6, 6.07) is 0. The van der Waals surface area contributed by atoms with Crippen LogP contribution in [0.15, 0.2) is 35.5 Å². The van der Waals surface area contributed by atoms with Gasteiger partial charge in [-0.25, -0.2) is 4.79 Å². The molecule has 0 unspecified atom stereocenters. The molecule has 0 aromatic heterocycles. The van der Waals surface area contributed by atoms with Crippen LogP contribution in [0, 0.1) is 5.92 Å². The van der Waals surface area contributed by atoms with Gasteiger partial charge in [0.1, 0.15) is 12.4 Å². The lowest BCUT2D eigenvalue weighted by atomic mass is 9.85. The van der Waals surface area contributed by atoms with Crippen LogP contribution in [0.4, 0.5) is 0 Å². The molecule has 2 rings (SSSR count). The van der Waals surface area contributed by atoms with Crippen molar-refractivity contribution in [1.29, 1.82) is 0 Å². The fourth-order valence-corrected chi connectivity index (χ4v) is 2.63. The van der Waals surface area contributed by atoms with E-state index in [2.05, 4.69) is 6.58 Å². The third-order valence-corrected chi connectivity index (χ3v) is 3.75. The highest BCUT2D eigenvalue weighted by molar-refractivity contribution is 5.91. The van der Waals surface area contributed by atoms with Gasteiger partial charge in [-0.2, -0.15) is 0 Å². The number of fused-ring (bicyclic) bond motifs is 1. The second kappa shape index (κ2) is 6.15. The van der Waals surface area contributed by atoms with Crippen LogP contribution in [0.25, 0.3) is 0 Å². The number of allylic oxidation sites excluding steroid dienone is 1. The summed E-state index contributed by atoms with van der Waals surface area (Å²) in [6.45, 7) is 3.52. The van der Waals surface area contributed by atoms with Crippen LogP contribution in [0.5, 0.6) is 0 Å². The lowest BCUT2D eigenvalue weighted by molar-refractivity contribution is -0.137. The summed E-state index contributed by atoms with van der Waals surface area (Å²) in [4.78, 5) is 22.6. The lowest BCUT2D eigenvalue weighted by Crippen LogP contribution is -2.29. The molecule has 1 aliphatic heterocycles. The van der Waals surface area contributed by atoms with Crippen molar-refractivity contribution in [1.82, 2.24) is 0 Å². The Morgan fingerprint density at radius 3 is 2.90 bits per heavy atom. The average Bonchev–Trinajstić information content (AvgIpc) is 2.71. The van der Waals surface area contributed by atoms with Gasteiger partial charge in [0, 0.05) is 12.0 Å². The zero-order valence-corrected chi connectivity index (χ0v) is 11.1. The maximum absolute atomic E-state index is 11.6. The van der Waals surface area contributed by atoms with Crippen LogP contribution in [0.3, 0.4) is 0 Å². The zero-order valence-electron chi connectivity index (χ0n) is 11.1. The molecule has 1 aliphatic carbocycles. The SMILES string of the molecule is C=C1C(=O)O[C@H]2/C=C(/CO)CC/C=C(/C=O)C[C@H](O)[C@@H]12. The molecule has 2 aliphatic rings. The Morgan fingerprint density at radius 2 is 2.25 bits per heavy atom. The first-order valence-corrected chi connectivity index (χ1v) is 6.59. The molecule has 20 heavy (non-hydrogen) atoms. The number of aliphatic hydroxyl groups is 2. The number of esters is 1. The van der Waals surface area contributed by atoms with Crippen molar-refractivity contribution in [3.8, 4) is 0 Å². The normalized spacial score (nSPS) is 36.2. The summed E-state index contributed by atoms with van der Waals surface area (Å²) < 4.78 is 5.19. The Labute approximate surface area is 117 Å². The van der Waals surface area contributed by atoms with Crippen molar-refractivity contribution >= 4 is 12.3 Å². The highest BCUT2D eigenvalue weighted by Crippen LogP contribution is 2.34. The van der Waals surface area contributed by atoms with Crippen molar-refractivity contribution in [2.75, 3.05) is 6.61 Å². The standard InChI is InChI=1S/C15H18O5/c1-9-14-12(18)5-10(7-16)3-2-4-11(8-17)6-13(14)20-15(9)19/h3,6-7,12-14,17-18H,1-2,4-5,8H2/b10-3+,11-6+/t12-,13-,14+/m0/s1. The summed E-state index contributed by atoms with van der Waals surface area (Å²) in [7, 11) is 0. The summed E-state index contributed by atoms with van der Waals surface area (Å²) in [5.74, 6) is -1.12. The molecule has 108 valence electrons. The van der Waals surface area contributed by atoms with E-state index in [4.69, 9.17) is 4.74 Å². The molecule has 0 saturated carbocycles. The molecule has 3 atom stereocenters. The third kappa shape index (κ3) is 2.89. The van der Waals surface area contributed by atoms with Crippen LogP contribution in [-0.2, 0) is 14.3 Å². The van der Waals surface area contributed by atoms with Crippen molar-refractivity contribution in [3.63, 3.8) is 0 Å². The van der Waals surface area contributed by atoms with E-state index < -0.39 is 24.1 Å². The average molecular weight is 278 g/mol. The minimum Gasteiger partial charge on any atom is -0.454 e. The number of hydrogen-bond donors (Lipinski definition) is 2.